The van der Waals surface area contributed by atoms with Gasteiger partial charge < -0.3 is 24.7 Å². The zero-order valence-electron chi connectivity index (χ0n) is 24.1. The zero-order chi connectivity index (χ0) is 29.7. The fourth-order valence-corrected chi connectivity index (χ4v) is 5.14. The molecule has 0 radical (unpaired) electrons. The molecule has 1 atom stereocenters. The highest BCUT2D eigenvalue weighted by Crippen LogP contribution is 2.33. The van der Waals surface area contributed by atoms with E-state index in [-0.39, 0.29) is 13.2 Å². The second kappa shape index (κ2) is 12.8. The van der Waals surface area contributed by atoms with Gasteiger partial charge in [0.2, 0.25) is 0 Å². The molecule has 0 saturated carbocycles. The molecular weight excluding hydrogens is 538 g/mol. The Balaban J connectivity index is 1.46. The van der Waals surface area contributed by atoms with Gasteiger partial charge in [-0.15, -0.1) is 0 Å². The van der Waals surface area contributed by atoms with Crippen LogP contribution in [0.5, 0.6) is 5.75 Å². The molecule has 2 heterocycles. The van der Waals surface area contributed by atoms with Crippen molar-refractivity contribution in [3.8, 4) is 11.4 Å². The molecule has 0 spiro atoms. The smallest absolute Gasteiger partial charge is 0.338 e. The Kier molecular flexibility index (Phi) is 9.24. The maximum Gasteiger partial charge on any atom is 0.338 e. The molecule has 1 amide bonds. The number of thiocarbonyl (C=S) groups is 1. The number of amides is 1. The van der Waals surface area contributed by atoms with Crippen LogP contribution < -0.4 is 20.8 Å². The SMILES string of the molecule is CCOC(=O)C1=C(C)NC(=S)N[C@@H]1c1ccccc1OCC(=O)NN=Cc1cc(C)n(-c2cccc(C)c2C)c1C. The third-order valence-electron chi connectivity index (χ3n) is 7.03. The number of hydrazone groups is 1. The summed E-state index contributed by atoms with van der Waals surface area (Å²) in [6.45, 7) is 11.8. The van der Waals surface area contributed by atoms with E-state index in [2.05, 4.69) is 51.7 Å². The maximum absolute atomic E-state index is 12.7. The lowest BCUT2D eigenvalue weighted by atomic mass is 9.95. The second-order valence-corrected chi connectivity index (χ2v) is 10.2. The lowest BCUT2D eigenvalue weighted by molar-refractivity contribution is -0.139. The minimum atomic E-state index is -0.604. The minimum absolute atomic E-state index is 0.237. The highest BCUT2D eigenvalue weighted by atomic mass is 32.1. The summed E-state index contributed by atoms with van der Waals surface area (Å²) in [5.41, 5.74) is 10.7. The summed E-state index contributed by atoms with van der Waals surface area (Å²) in [4.78, 5) is 25.4. The summed E-state index contributed by atoms with van der Waals surface area (Å²) in [7, 11) is 0. The Bertz CT molecular complexity index is 1560. The van der Waals surface area contributed by atoms with Crippen molar-refractivity contribution in [2.24, 2.45) is 5.10 Å². The van der Waals surface area contributed by atoms with Crippen LogP contribution in [0.4, 0.5) is 0 Å². The van der Waals surface area contributed by atoms with Gasteiger partial charge in [0, 0.05) is 33.9 Å². The van der Waals surface area contributed by atoms with E-state index in [0.717, 1.165) is 22.6 Å². The van der Waals surface area contributed by atoms with Crippen LogP contribution in [0.1, 0.15) is 53.5 Å². The Hall–Kier alpha value is -4.44. The third kappa shape index (κ3) is 6.49. The number of nitrogens with one attached hydrogen (secondary N) is 3. The quantitative estimate of drug-likeness (QED) is 0.149. The summed E-state index contributed by atoms with van der Waals surface area (Å²) in [5.74, 6) is -0.456. The van der Waals surface area contributed by atoms with Gasteiger partial charge in [0.25, 0.3) is 5.91 Å². The highest BCUT2D eigenvalue weighted by Gasteiger charge is 2.32. The number of hydrogen-bond acceptors (Lipinski definition) is 6. The van der Waals surface area contributed by atoms with E-state index >= 15 is 0 Å². The lowest BCUT2D eigenvalue weighted by Gasteiger charge is -2.30. The lowest BCUT2D eigenvalue weighted by Crippen LogP contribution is -2.45. The fourth-order valence-electron chi connectivity index (χ4n) is 4.87. The van der Waals surface area contributed by atoms with Crippen molar-refractivity contribution in [3.63, 3.8) is 0 Å². The topological polar surface area (TPSA) is 106 Å². The van der Waals surface area contributed by atoms with Gasteiger partial charge in [0.1, 0.15) is 5.75 Å². The van der Waals surface area contributed by atoms with Gasteiger partial charge in [-0.1, -0.05) is 30.3 Å². The number of rotatable bonds is 9. The molecule has 2 aromatic carbocycles. The first kappa shape index (κ1) is 29.5. The number of esters is 1. The molecule has 1 aliphatic heterocycles. The number of carbonyl (C=O) groups excluding carboxylic acids is 2. The number of ether oxygens (including phenoxy) is 2. The predicted octanol–water partition coefficient (Wildman–Crippen LogP) is 4.60. The van der Waals surface area contributed by atoms with Gasteiger partial charge in [-0.25, -0.2) is 10.2 Å². The van der Waals surface area contributed by atoms with E-state index in [4.69, 9.17) is 21.7 Å². The molecule has 41 heavy (non-hydrogen) atoms. The van der Waals surface area contributed by atoms with Crippen LogP contribution in [0.25, 0.3) is 5.69 Å². The van der Waals surface area contributed by atoms with Crippen molar-refractivity contribution in [1.29, 1.82) is 0 Å². The molecule has 0 fully saturated rings. The van der Waals surface area contributed by atoms with Gasteiger partial charge in [-0.2, -0.15) is 5.10 Å². The second-order valence-electron chi connectivity index (χ2n) is 9.79. The summed E-state index contributed by atoms with van der Waals surface area (Å²) in [5, 5.41) is 10.6. The van der Waals surface area contributed by atoms with E-state index in [1.165, 1.54) is 11.1 Å². The van der Waals surface area contributed by atoms with E-state index in [1.54, 1.807) is 32.2 Å². The van der Waals surface area contributed by atoms with Crippen molar-refractivity contribution >= 4 is 35.4 Å². The molecule has 1 aromatic heterocycles. The van der Waals surface area contributed by atoms with Crippen molar-refractivity contribution in [2.45, 2.75) is 47.6 Å². The molecule has 0 unspecified atom stereocenters. The Morgan fingerprint density at radius 1 is 1.10 bits per heavy atom. The Morgan fingerprint density at radius 2 is 1.85 bits per heavy atom. The first-order valence-corrected chi connectivity index (χ1v) is 13.8. The molecule has 4 rings (SSSR count). The predicted molar refractivity (Wildman–Crippen MR) is 163 cm³/mol. The number of aryl methyl sites for hydroxylation is 2. The minimum Gasteiger partial charge on any atom is -0.483 e. The molecular formula is C31H35N5O4S. The molecule has 3 aromatic rings. The summed E-state index contributed by atoms with van der Waals surface area (Å²) < 4.78 is 13.3. The molecule has 0 aliphatic carbocycles. The number of para-hydroxylation sites is 1. The van der Waals surface area contributed by atoms with E-state index in [9.17, 15) is 9.59 Å². The first-order valence-electron chi connectivity index (χ1n) is 13.4. The highest BCUT2D eigenvalue weighted by molar-refractivity contribution is 7.80. The molecule has 214 valence electrons. The van der Waals surface area contributed by atoms with Crippen molar-refractivity contribution in [3.05, 3.63) is 93.4 Å². The molecule has 0 saturated heterocycles. The first-order chi connectivity index (χ1) is 19.6. The van der Waals surface area contributed by atoms with Gasteiger partial charge in [0.05, 0.1) is 24.4 Å². The number of allylic oxidation sites excluding steroid dienone is 1. The van der Waals surface area contributed by atoms with Crippen LogP contribution in [0.15, 0.2) is 64.9 Å². The molecule has 9 nitrogen and oxygen atoms in total. The molecule has 1 aliphatic rings. The number of carbonyl (C=O) groups is 2. The Morgan fingerprint density at radius 3 is 2.61 bits per heavy atom. The van der Waals surface area contributed by atoms with Crippen LogP contribution >= 0.6 is 12.2 Å². The normalized spacial score (nSPS) is 15.0. The van der Waals surface area contributed by atoms with Crippen LogP contribution in [-0.2, 0) is 14.3 Å². The average molecular weight is 574 g/mol. The fraction of sp³-hybridized carbons (Fsp3) is 0.290. The Labute approximate surface area is 245 Å². The number of aromatic nitrogens is 1. The van der Waals surface area contributed by atoms with Crippen LogP contribution in [0, 0.1) is 27.7 Å². The van der Waals surface area contributed by atoms with E-state index < -0.39 is 17.9 Å². The molecule has 10 heteroatoms. The number of benzene rings is 2. The monoisotopic (exact) mass is 573 g/mol. The number of nitrogens with zero attached hydrogens (tertiary/aromatic N) is 2. The molecule has 3 N–H and O–H groups in total. The van der Waals surface area contributed by atoms with Crippen molar-refractivity contribution < 1.29 is 19.1 Å². The van der Waals surface area contributed by atoms with Gasteiger partial charge in [0.15, 0.2) is 11.7 Å². The van der Waals surface area contributed by atoms with E-state index in [1.807, 2.05) is 38.1 Å². The van der Waals surface area contributed by atoms with Crippen molar-refractivity contribution in [2.75, 3.05) is 13.2 Å². The van der Waals surface area contributed by atoms with Gasteiger partial charge >= 0.3 is 5.97 Å². The van der Waals surface area contributed by atoms with Gasteiger partial charge in [-0.05, 0) is 83.1 Å². The van der Waals surface area contributed by atoms with Crippen molar-refractivity contribution in [1.82, 2.24) is 20.6 Å². The van der Waals surface area contributed by atoms with E-state index in [0.29, 0.717) is 27.7 Å². The summed E-state index contributed by atoms with van der Waals surface area (Å²) in [6.07, 6.45) is 1.63. The van der Waals surface area contributed by atoms with Crippen LogP contribution in [0.2, 0.25) is 0 Å². The maximum atomic E-state index is 12.7. The van der Waals surface area contributed by atoms with Crippen LogP contribution in [0.3, 0.4) is 0 Å². The number of hydrogen-bond donors (Lipinski definition) is 3. The average Bonchev–Trinajstić information content (AvgIpc) is 3.21. The third-order valence-corrected chi connectivity index (χ3v) is 7.25. The zero-order valence-corrected chi connectivity index (χ0v) is 24.9. The standard InChI is InChI=1S/C31H35N5O4S/c1-7-39-30(38)28-21(5)33-31(41)34-29(28)24-12-8-9-14-26(24)40-17-27(37)35-32-16-23-15-19(3)36(22(23)6)25-13-10-11-18(2)20(25)4/h8-16,29H,7,17H2,1-6H3,(H,35,37)(H2,33,34,41)/t29-/m1/s1. The van der Waals surface area contributed by atoms with Gasteiger partial charge in [-0.3, -0.25) is 4.79 Å². The summed E-state index contributed by atoms with van der Waals surface area (Å²) >= 11 is 5.33. The van der Waals surface area contributed by atoms with Crippen LogP contribution in [-0.4, -0.2) is 41.0 Å². The largest absolute Gasteiger partial charge is 0.483 e. The summed E-state index contributed by atoms with van der Waals surface area (Å²) in [6, 6.07) is 14.8. The molecule has 0 bridgehead atoms.